The van der Waals surface area contributed by atoms with E-state index in [4.69, 9.17) is 0 Å². The standard InChI is InChI=1S/C17H33N3O2S/c1-3-18-9-7-17(8-10-18)19-11-4-16(14-19)15-5-12-20(13-6-15)23(2,21)22/h15-17H,3-14H2,1-2H3. The fraction of sp³-hybridized carbons (Fsp3) is 1.00. The molecule has 0 aromatic carbocycles. The van der Waals surface area contributed by atoms with E-state index in [1.165, 1.54) is 58.2 Å². The second-order valence-corrected chi connectivity index (χ2v) is 9.69. The van der Waals surface area contributed by atoms with Crippen molar-refractivity contribution in [2.45, 2.75) is 45.1 Å². The molecule has 3 heterocycles. The van der Waals surface area contributed by atoms with Crippen LogP contribution in [0.5, 0.6) is 0 Å². The highest BCUT2D eigenvalue weighted by atomic mass is 32.2. The fourth-order valence-electron chi connectivity index (χ4n) is 4.81. The topological polar surface area (TPSA) is 43.9 Å². The van der Waals surface area contributed by atoms with Crippen molar-refractivity contribution in [3.05, 3.63) is 0 Å². The third kappa shape index (κ3) is 4.27. The van der Waals surface area contributed by atoms with Gasteiger partial charge in [0, 0.05) is 25.7 Å². The molecule has 3 saturated heterocycles. The van der Waals surface area contributed by atoms with Gasteiger partial charge in [-0.2, -0.15) is 0 Å². The molecule has 0 aromatic heterocycles. The number of likely N-dealkylation sites (tertiary alicyclic amines) is 2. The maximum absolute atomic E-state index is 11.6. The maximum Gasteiger partial charge on any atom is 0.211 e. The molecule has 23 heavy (non-hydrogen) atoms. The SMILES string of the molecule is CCN1CCC(N2CCC(C3CCN(S(C)(=O)=O)CC3)C2)CC1. The smallest absolute Gasteiger partial charge is 0.211 e. The number of hydrogen-bond acceptors (Lipinski definition) is 4. The molecule has 134 valence electrons. The van der Waals surface area contributed by atoms with Crippen LogP contribution in [0.2, 0.25) is 0 Å². The quantitative estimate of drug-likeness (QED) is 0.775. The Hall–Kier alpha value is -0.170. The highest BCUT2D eigenvalue weighted by Gasteiger charge is 2.36. The van der Waals surface area contributed by atoms with Gasteiger partial charge >= 0.3 is 0 Å². The van der Waals surface area contributed by atoms with E-state index in [9.17, 15) is 8.42 Å². The molecule has 0 spiro atoms. The molecule has 0 aromatic rings. The number of nitrogens with zero attached hydrogens (tertiary/aromatic N) is 3. The van der Waals surface area contributed by atoms with Crippen LogP contribution in [0.4, 0.5) is 0 Å². The summed E-state index contributed by atoms with van der Waals surface area (Å²) in [6, 6.07) is 0.791. The van der Waals surface area contributed by atoms with Crippen LogP contribution in [0.25, 0.3) is 0 Å². The van der Waals surface area contributed by atoms with Crippen LogP contribution in [0.3, 0.4) is 0 Å². The molecule has 0 saturated carbocycles. The van der Waals surface area contributed by atoms with Gasteiger partial charge in [-0.05, 0) is 70.1 Å². The number of piperidine rings is 2. The van der Waals surface area contributed by atoms with Gasteiger partial charge < -0.3 is 4.90 Å². The Kier molecular flexibility index (Phi) is 5.66. The van der Waals surface area contributed by atoms with E-state index in [1.54, 1.807) is 4.31 Å². The van der Waals surface area contributed by atoms with Gasteiger partial charge in [-0.15, -0.1) is 0 Å². The normalized spacial score (nSPS) is 31.0. The third-order valence-corrected chi connectivity index (χ3v) is 7.71. The van der Waals surface area contributed by atoms with Crippen molar-refractivity contribution in [2.75, 3.05) is 52.1 Å². The van der Waals surface area contributed by atoms with E-state index >= 15 is 0 Å². The molecule has 0 bridgehead atoms. The minimum absolute atomic E-state index is 0.730. The van der Waals surface area contributed by atoms with Gasteiger partial charge in [0.15, 0.2) is 0 Å². The van der Waals surface area contributed by atoms with E-state index in [1.807, 2.05) is 0 Å². The van der Waals surface area contributed by atoms with Gasteiger partial charge in [-0.1, -0.05) is 6.92 Å². The van der Waals surface area contributed by atoms with Gasteiger partial charge in [0.05, 0.1) is 6.26 Å². The zero-order valence-corrected chi connectivity index (χ0v) is 15.6. The summed E-state index contributed by atoms with van der Waals surface area (Å²) in [5.74, 6) is 1.52. The molecule has 6 heteroatoms. The minimum Gasteiger partial charge on any atom is -0.303 e. The van der Waals surface area contributed by atoms with E-state index in [-0.39, 0.29) is 0 Å². The average molecular weight is 344 g/mol. The molecular weight excluding hydrogens is 310 g/mol. The van der Waals surface area contributed by atoms with Crippen LogP contribution >= 0.6 is 0 Å². The van der Waals surface area contributed by atoms with Crippen molar-refractivity contribution in [3.63, 3.8) is 0 Å². The summed E-state index contributed by atoms with van der Waals surface area (Å²) in [6.45, 7) is 9.94. The fourth-order valence-corrected chi connectivity index (χ4v) is 5.69. The zero-order chi connectivity index (χ0) is 16.4. The van der Waals surface area contributed by atoms with E-state index in [2.05, 4.69) is 16.7 Å². The first-order valence-corrected chi connectivity index (χ1v) is 11.2. The summed E-state index contributed by atoms with van der Waals surface area (Å²) in [7, 11) is -2.99. The lowest BCUT2D eigenvalue weighted by molar-refractivity contribution is 0.120. The van der Waals surface area contributed by atoms with Crippen molar-refractivity contribution < 1.29 is 8.42 Å². The maximum atomic E-state index is 11.6. The highest BCUT2D eigenvalue weighted by molar-refractivity contribution is 7.88. The van der Waals surface area contributed by atoms with Crippen molar-refractivity contribution in [1.82, 2.24) is 14.1 Å². The summed E-state index contributed by atoms with van der Waals surface area (Å²) in [6.07, 6.45) is 7.42. The molecule has 3 rings (SSSR count). The van der Waals surface area contributed by atoms with Crippen molar-refractivity contribution >= 4 is 10.0 Å². The van der Waals surface area contributed by atoms with Crippen LogP contribution in [-0.2, 0) is 10.0 Å². The largest absolute Gasteiger partial charge is 0.303 e. The number of sulfonamides is 1. The number of hydrogen-bond donors (Lipinski definition) is 0. The Balaban J connectivity index is 1.45. The van der Waals surface area contributed by atoms with Gasteiger partial charge in [-0.3, -0.25) is 4.90 Å². The Labute approximate surface area is 142 Å². The van der Waals surface area contributed by atoms with Gasteiger partial charge in [0.1, 0.15) is 0 Å². The molecule has 1 unspecified atom stereocenters. The van der Waals surface area contributed by atoms with Gasteiger partial charge in [-0.25, -0.2) is 12.7 Å². The lowest BCUT2D eigenvalue weighted by atomic mass is 9.84. The van der Waals surface area contributed by atoms with Crippen LogP contribution in [0, 0.1) is 11.8 Å². The molecule has 5 nitrogen and oxygen atoms in total. The Morgan fingerprint density at radius 1 is 0.870 bits per heavy atom. The van der Waals surface area contributed by atoms with Crippen LogP contribution in [0.15, 0.2) is 0 Å². The predicted octanol–water partition coefficient (Wildman–Crippen LogP) is 1.46. The minimum atomic E-state index is -2.99. The number of rotatable bonds is 4. The summed E-state index contributed by atoms with van der Waals surface area (Å²) < 4.78 is 24.9. The van der Waals surface area contributed by atoms with Crippen molar-refractivity contribution in [2.24, 2.45) is 11.8 Å². The Morgan fingerprint density at radius 3 is 2.04 bits per heavy atom. The second-order valence-electron chi connectivity index (χ2n) is 7.71. The molecule has 0 aliphatic carbocycles. The second kappa shape index (κ2) is 7.38. The predicted molar refractivity (Wildman–Crippen MR) is 94.0 cm³/mol. The molecular formula is C17H33N3O2S. The lowest BCUT2D eigenvalue weighted by Gasteiger charge is -2.37. The lowest BCUT2D eigenvalue weighted by Crippen LogP contribution is -2.44. The molecule has 0 radical (unpaired) electrons. The van der Waals surface area contributed by atoms with Crippen molar-refractivity contribution in [3.8, 4) is 0 Å². The van der Waals surface area contributed by atoms with Gasteiger partial charge in [0.2, 0.25) is 10.0 Å². The third-order valence-electron chi connectivity index (χ3n) is 6.41. The molecule has 3 aliphatic heterocycles. The van der Waals surface area contributed by atoms with Crippen molar-refractivity contribution in [1.29, 1.82) is 0 Å². The van der Waals surface area contributed by atoms with E-state index in [0.29, 0.717) is 0 Å². The zero-order valence-electron chi connectivity index (χ0n) is 14.8. The average Bonchev–Trinajstić information content (AvgIpc) is 3.04. The molecule has 3 aliphatic rings. The van der Waals surface area contributed by atoms with Crippen LogP contribution < -0.4 is 0 Å². The monoisotopic (exact) mass is 343 g/mol. The summed E-state index contributed by atoms with van der Waals surface area (Å²) in [4.78, 5) is 5.30. The highest BCUT2D eigenvalue weighted by Crippen LogP contribution is 2.34. The molecule has 3 fully saturated rings. The van der Waals surface area contributed by atoms with Gasteiger partial charge in [0.25, 0.3) is 0 Å². The van der Waals surface area contributed by atoms with Crippen LogP contribution in [-0.4, -0.2) is 80.6 Å². The van der Waals surface area contributed by atoms with Crippen LogP contribution in [0.1, 0.15) is 39.0 Å². The Morgan fingerprint density at radius 2 is 1.48 bits per heavy atom. The molecule has 0 N–H and O–H groups in total. The first-order chi connectivity index (χ1) is 11.0. The first-order valence-electron chi connectivity index (χ1n) is 9.39. The summed E-state index contributed by atoms with van der Waals surface area (Å²) in [5.41, 5.74) is 0. The Bertz CT molecular complexity index is 480. The van der Waals surface area contributed by atoms with E-state index in [0.717, 1.165) is 43.8 Å². The molecule has 0 amide bonds. The van der Waals surface area contributed by atoms with E-state index < -0.39 is 10.0 Å². The first kappa shape index (κ1) is 17.6. The summed E-state index contributed by atoms with van der Waals surface area (Å²) >= 11 is 0. The summed E-state index contributed by atoms with van der Waals surface area (Å²) in [5, 5.41) is 0. The molecule has 1 atom stereocenters.